The van der Waals surface area contributed by atoms with E-state index in [2.05, 4.69) is 5.10 Å². The van der Waals surface area contributed by atoms with E-state index in [-0.39, 0.29) is 17.8 Å². The molecule has 1 N–H and O–H groups in total. The Hall–Kier alpha value is -0.925. The third kappa shape index (κ3) is 4.37. The molecule has 0 amide bonds. The van der Waals surface area contributed by atoms with Crippen molar-refractivity contribution < 1.29 is 23.9 Å². The van der Waals surface area contributed by atoms with E-state index in [1.165, 1.54) is 0 Å². The Kier molecular flexibility index (Phi) is 6.09. The van der Waals surface area contributed by atoms with Crippen molar-refractivity contribution in [2.75, 3.05) is 26.9 Å². The SMILES string of the molecule is COCCOC[C@@H](O)Cn1cc(B2OC(C)(C)C(C)(C)O2)c(C)n1. The number of ether oxygens (including phenoxy) is 2. The first-order valence-electron chi connectivity index (χ1n) is 8.30. The zero-order chi connectivity index (χ0) is 18.0. The Morgan fingerprint density at radius 2 is 1.88 bits per heavy atom. The van der Waals surface area contributed by atoms with Crippen molar-refractivity contribution in [3.63, 3.8) is 0 Å². The van der Waals surface area contributed by atoms with Gasteiger partial charge < -0.3 is 23.9 Å². The molecule has 0 aliphatic carbocycles. The summed E-state index contributed by atoms with van der Waals surface area (Å²) in [7, 11) is 1.17. The second kappa shape index (κ2) is 7.53. The van der Waals surface area contributed by atoms with Gasteiger partial charge in [0.15, 0.2) is 0 Å². The van der Waals surface area contributed by atoms with Gasteiger partial charge in [-0.25, -0.2) is 0 Å². The van der Waals surface area contributed by atoms with Crippen molar-refractivity contribution >= 4 is 12.6 Å². The fourth-order valence-electron chi connectivity index (χ4n) is 2.46. The van der Waals surface area contributed by atoms with E-state index >= 15 is 0 Å². The number of aromatic nitrogens is 2. The zero-order valence-electron chi connectivity index (χ0n) is 15.5. The van der Waals surface area contributed by atoms with E-state index in [1.54, 1.807) is 11.8 Å². The van der Waals surface area contributed by atoms with Crippen LogP contribution in [-0.4, -0.2) is 66.2 Å². The first kappa shape index (κ1) is 19.4. The number of nitrogens with zero attached hydrogens (tertiary/aromatic N) is 2. The molecule has 0 aromatic carbocycles. The van der Waals surface area contributed by atoms with Crippen LogP contribution in [0, 0.1) is 6.92 Å². The minimum absolute atomic E-state index is 0.244. The minimum Gasteiger partial charge on any atom is -0.399 e. The molecule has 136 valence electrons. The third-order valence-corrected chi connectivity index (χ3v) is 4.63. The van der Waals surface area contributed by atoms with Crippen molar-refractivity contribution in [1.29, 1.82) is 0 Å². The molecule has 1 aromatic rings. The maximum atomic E-state index is 10.0. The van der Waals surface area contributed by atoms with Gasteiger partial charge in [0.2, 0.25) is 0 Å². The smallest absolute Gasteiger partial charge is 0.399 e. The number of rotatable bonds is 8. The van der Waals surface area contributed by atoms with Gasteiger partial charge in [0.25, 0.3) is 0 Å². The van der Waals surface area contributed by atoms with Gasteiger partial charge in [-0.1, -0.05) is 0 Å². The van der Waals surface area contributed by atoms with Gasteiger partial charge in [0.1, 0.15) is 0 Å². The van der Waals surface area contributed by atoms with Crippen LogP contribution in [0.1, 0.15) is 33.4 Å². The number of methoxy groups -OCH3 is 1. The molecular weight excluding hydrogens is 311 g/mol. The molecule has 0 bridgehead atoms. The highest BCUT2D eigenvalue weighted by atomic mass is 16.7. The minimum atomic E-state index is -0.632. The Balaban J connectivity index is 1.96. The van der Waals surface area contributed by atoms with Crippen molar-refractivity contribution in [3.8, 4) is 0 Å². The summed E-state index contributed by atoms with van der Waals surface area (Å²) in [6, 6.07) is 0. The summed E-state index contributed by atoms with van der Waals surface area (Å²) in [6.45, 7) is 11.6. The molecule has 0 saturated carbocycles. The molecule has 1 aromatic heterocycles. The van der Waals surface area contributed by atoms with E-state index in [1.807, 2.05) is 40.8 Å². The Bertz CT molecular complexity index is 531. The molecule has 24 heavy (non-hydrogen) atoms. The fraction of sp³-hybridized carbons (Fsp3) is 0.812. The molecule has 1 atom stereocenters. The Morgan fingerprint density at radius 3 is 2.46 bits per heavy atom. The largest absolute Gasteiger partial charge is 0.498 e. The molecule has 8 heteroatoms. The van der Waals surface area contributed by atoms with Gasteiger partial charge in [0.05, 0.1) is 49.4 Å². The summed E-state index contributed by atoms with van der Waals surface area (Å²) in [5.74, 6) is 0. The lowest BCUT2D eigenvalue weighted by Crippen LogP contribution is -2.41. The quantitative estimate of drug-likeness (QED) is 0.549. The van der Waals surface area contributed by atoms with E-state index in [0.717, 1.165) is 11.2 Å². The van der Waals surface area contributed by atoms with Crippen molar-refractivity contribution in [2.45, 2.75) is 58.5 Å². The lowest BCUT2D eigenvalue weighted by molar-refractivity contribution is 0.00578. The van der Waals surface area contributed by atoms with E-state index in [9.17, 15) is 5.11 Å². The van der Waals surface area contributed by atoms with Crippen LogP contribution in [-0.2, 0) is 25.3 Å². The molecule has 7 nitrogen and oxygen atoms in total. The van der Waals surface area contributed by atoms with Crippen molar-refractivity contribution in [2.24, 2.45) is 0 Å². The highest BCUT2D eigenvalue weighted by Crippen LogP contribution is 2.36. The summed E-state index contributed by atoms with van der Waals surface area (Å²) in [5, 5.41) is 14.5. The second-order valence-corrected chi connectivity index (χ2v) is 7.20. The highest BCUT2D eigenvalue weighted by Gasteiger charge is 2.52. The molecular formula is C16H29BN2O5. The van der Waals surface area contributed by atoms with E-state index in [4.69, 9.17) is 18.8 Å². The lowest BCUT2D eigenvalue weighted by atomic mass is 9.79. The molecule has 2 heterocycles. The predicted molar refractivity (Wildman–Crippen MR) is 91.4 cm³/mol. The summed E-state index contributed by atoms with van der Waals surface area (Å²) >= 11 is 0. The predicted octanol–water partition coefficient (Wildman–Crippen LogP) is 0.515. The standard InChI is InChI=1S/C16H29BN2O5/c1-12-14(17-23-15(2,3)16(4,5)24-17)10-19(18-12)9-13(20)11-22-8-7-21-6/h10,13,20H,7-9,11H2,1-6H3/t13-/m0/s1. The van der Waals surface area contributed by atoms with Gasteiger partial charge >= 0.3 is 7.12 Å². The second-order valence-electron chi connectivity index (χ2n) is 7.20. The number of aliphatic hydroxyl groups is 1. The summed E-state index contributed by atoms with van der Waals surface area (Å²) < 4.78 is 24.1. The van der Waals surface area contributed by atoms with Crippen LogP contribution in [0.25, 0.3) is 0 Å². The maximum Gasteiger partial charge on any atom is 0.498 e. The first-order valence-corrected chi connectivity index (χ1v) is 8.30. The average Bonchev–Trinajstić information content (AvgIpc) is 2.92. The molecule has 1 aliphatic rings. The number of aryl methyl sites for hydroxylation is 1. The van der Waals surface area contributed by atoms with Crippen LogP contribution in [0.3, 0.4) is 0 Å². The number of aliphatic hydroxyl groups excluding tert-OH is 1. The van der Waals surface area contributed by atoms with Crippen LogP contribution in [0.2, 0.25) is 0 Å². The maximum absolute atomic E-state index is 10.0. The van der Waals surface area contributed by atoms with Gasteiger partial charge in [-0.3, -0.25) is 4.68 Å². The van der Waals surface area contributed by atoms with Crippen LogP contribution >= 0.6 is 0 Å². The van der Waals surface area contributed by atoms with Crippen LogP contribution in [0.15, 0.2) is 6.20 Å². The van der Waals surface area contributed by atoms with Gasteiger partial charge in [-0.15, -0.1) is 0 Å². The Labute approximate surface area is 144 Å². The molecule has 1 fully saturated rings. The summed E-state index contributed by atoms with van der Waals surface area (Å²) in [4.78, 5) is 0. The summed E-state index contributed by atoms with van der Waals surface area (Å²) in [5.41, 5.74) is 0.948. The molecule has 2 rings (SSSR count). The molecule has 1 aliphatic heterocycles. The Morgan fingerprint density at radius 1 is 1.25 bits per heavy atom. The van der Waals surface area contributed by atoms with Crippen LogP contribution in [0.5, 0.6) is 0 Å². The highest BCUT2D eigenvalue weighted by molar-refractivity contribution is 6.62. The molecule has 0 radical (unpaired) electrons. The molecule has 0 unspecified atom stereocenters. The number of hydrogen-bond donors (Lipinski definition) is 1. The third-order valence-electron chi connectivity index (χ3n) is 4.63. The average molecular weight is 340 g/mol. The monoisotopic (exact) mass is 340 g/mol. The normalized spacial score (nSPS) is 20.5. The van der Waals surface area contributed by atoms with Gasteiger partial charge in [0, 0.05) is 18.8 Å². The zero-order valence-corrected chi connectivity index (χ0v) is 15.5. The van der Waals surface area contributed by atoms with E-state index in [0.29, 0.717) is 19.8 Å². The van der Waals surface area contributed by atoms with E-state index < -0.39 is 13.2 Å². The topological polar surface area (TPSA) is 75.0 Å². The van der Waals surface area contributed by atoms with Crippen LogP contribution < -0.4 is 5.46 Å². The van der Waals surface area contributed by atoms with Gasteiger partial charge in [-0.05, 0) is 34.6 Å². The summed E-state index contributed by atoms with van der Waals surface area (Å²) in [6.07, 6.45) is 1.24. The number of hydrogen-bond acceptors (Lipinski definition) is 6. The van der Waals surface area contributed by atoms with Gasteiger partial charge in [-0.2, -0.15) is 5.10 Å². The van der Waals surface area contributed by atoms with Crippen LogP contribution in [0.4, 0.5) is 0 Å². The lowest BCUT2D eigenvalue weighted by Gasteiger charge is -2.32. The van der Waals surface area contributed by atoms with Crippen molar-refractivity contribution in [3.05, 3.63) is 11.9 Å². The molecule has 1 saturated heterocycles. The molecule has 0 spiro atoms. The fourth-order valence-corrected chi connectivity index (χ4v) is 2.46. The van der Waals surface area contributed by atoms with Crippen molar-refractivity contribution in [1.82, 2.24) is 9.78 Å². The first-order chi connectivity index (χ1) is 11.2.